The average molecular weight is 289 g/mol. The van der Waals surface area contributed by atoms with Crippen molar-refractivity contribution < 1.29 is 4.79 Å². The average Bonchev–Trinajstić information content (AvgIpc) is 2.90. The van der Waals surface area contributed by atoms with E-state index in [-0.39, 0.29) is 17.4 Å². The number of imidazole rings is 1. The van der Waals surface area contributed by atoms with Crippen LogP contribution in [0.1, 0.15) is 47.5 Å². The van der Waals surface area contributed by atoms with E-state index in [0.29, 0.717) is 23.9 Å². The summed E-state index contributed by atoms with van der Waals surface area (Å²) in [5.41, 5.74) is 0.120. The van der Waals surface area contributed by atoms with Gasteiger partial charge in [-0.25, -0.2) is 9.97 Å². The van der Waals surface area contributed by atoms with Crippen molar-refractivity contribution in [2.45, 2.75) is 33.2 Å². The van der Waals surface area contributed by atoms with Crippen molar-refractivity contribution in [2.75, 3.05) is 7.05 Å². The van der Waals surface area contributed by atoms with E-state index in [4.69, 9.17) is 0 Å². The second-order valence-electron chi connectivity index (χ2n) is 5.26. The summed E-state index contributed by atoms with van der Waals surface area (Å²) in [4.78, 5) is 40.0. The number of aryl methyl sites for hydroxylation is 1. The van der Waals surface area contributed by atoms with E-state index in [1.54, 1.807) is 26.4 Å². The highest BCUT2D eigenvalue weighted by Crippen LogP contribution is 2.10. The lowest BCUT2D eigenvalue weighted by atomic mass is 10.1. The van der Waals surface area contributed by atoms with Gasteiger partial charge in [-0.15, -0.1) is 0 Å². The van der Waals surface area contributed by atoms with Crippen LogP contribution < -0.4 is 5.56 Å². The number of carbonyl (C=O) groups is 1. The molecule has 0 saturated carbocycles. The third kappa shape index (κ3) is 3.18. The van der Waals surface area contributed by atoms with Crippen LogP contribution in [0.25, 0.3) is 0 Å². The van der Waals surface area contributed by atoms with Gasteiger partial charge in [-0.1, -0.05) is 13.8 Å². The van der Waals surface area contributed by atoms with Gasteiger partial charge in [-0.3, -0.25) is 9.59 Å². The second kappa shape index (κ2) is 5.90. The molecule has 0 aliphatic carbocycles. The Hall–Kier alpha value is -2.44. The fraction of sp³-hybridized carbons (Fsp3) is 0.429. The Morgan fingerprint density at radius 2 is 2.14 bits per heavy atom. The molecule has 0 aliphatic heterocycles. The SMILES string of the molecule is Cc1nc(C(C)C)[nH]c(=O)c1C(=O)N(C)Cc1ncc[nH]1. The van der Waals surface area contributed by atoms with Crippen LogP contribution in [0.4, 0.5) is 0 Å². The van der Waals surface area contributed by atoms with E-state index >= 15 is 0 Å². The van der Waals surface area contributed by atoms with Crippen LogP contribution in [0.5, 0.6) is 0 Å². The quantitative estimate of drug-likeness (QED) is 0.884. The fourth-order valence-corrected chi connectivity index (χ4v) is 2.00. The Labute approximate surface area is 122 Å². The van der Waals surface area contributed by atoms with Gasteiger partial charge < -0.3 is 14.9 Å². The van der Waals surface area contributed by atoms with Gasteiger partial charge in [-0.2, -0.15) is 0 Å². The van der Waals surface area contributed by atoms with Crippen LogP contribution in [-0.4, -0.2) is 37.8 Å². The molecule has 0 radical (unpaired) electrons. The Morgan fingerprint density at radius 1 is 1.43 bits per heavy atom. The topological polar surface area (TPSA) is 94.7 Å². The molecule has 0 saturated heterocycles. The maximum Gasteiger partial charge on any atom is 0.264 e. The zero-order valence-corrected chi connectivity index (χ0v) is 12.6. The van der Waals surface area contributed by atoms with Gasteiger partial charge in [0.25, 0.3) is 11.5 Å². The number of hydrogen-bond acceptors (Lipinski definition) is 4. The van der Waals surface area contributed by atoms with Crippen LogP contribution in [0, 0.1) is 6.92 Å². The van der Waals surface area contributed by atoms with Gasteiger partial charge in [-0.05, 0) is 6.92 Å². The summed E-state index contributed by atoms with van der Waals surface area (Å²) in [5.74, 6) is 0.976. The summed E-state index contributed by atoms with van der Waals surface area (Å²) in [5, 5.41) is 0. The zero-order chi connectivity index (χ0) is 15.6. The highest BCUT2D eigenvalue weighted by atomic mass is 16.2. The molecule has 7 nitrogen and oxygen atoms in total. The minimum absolute atomic E-state index is 0.0773. The molecule has 0 spiro atoms. The molecule has 2 rings (SSSR count). The molecule has 0 aliphatic rings. The number of nitrogens with one attached hydrogen (secondary N) is 2. The number of amides is 1. The van der Waals surface area contributed by atoms with Crippen molar-refractivity contribution in [1.29, 1.82) is 0 Å². The van der Waals surface area contributed by atoms with E-state index in [0.717, 1.165) is 0 Å². The fourth-order valence-electron chi connectivity index (χ4n) is 2.00. The number of aromatic nitrogens is 4. The lowest BCUT2D eigenvalue weighted by Crippen LogP contribution is -2.33. The van der Waals surface area contributed by atoms with Gasteiger partial charge in [0, 0.05) is 25.4 Å². The Balaban J connectivity index is 2.29. The molecule has 1 amide bonds. The van der Waals surface area contributed by atoms with E-state index < -0.39 is 5.56 Å². The molecule has 2 aromatic rings. The zero-order valence-electron chi connectivity index (χ0n) is 12.6. The molecule has 0 bridgehead atoms. The number of carbonyl (C=O) groups excluding carboxylic acids is 1. The number of nitrogens with zero attached hydrogens (tertiary/aromatic N) is 3. The normalized spacial score (nSPS) is 10.9. The summed E-state index contributed by atoms with van der Waals surface area (Å²) in [6.07, 6.45) is 3.30. The summed E-state index contributed by atoms with van der Waals surface area (Å²) in [6.45, 7) is 5.84. The van der Waals surface area contributed by atoms with Crippen molar-refractivity contribution >= 4 is 5.91 Å². The monoisotopic (exact) mass is 289 g/mol. The first kappa shape index (κ1) is 15.0. The number of H-pyrrole nitrogens is 2. The maximum atomic E-state index is 12.4. The molecule has 7 heteroatoms. The molecule has 2 heterocycles. The minimum atomic E-state index is -0.400. The van der Waals surface area contributed by atoms with Crippen molar-refractivity contribution in [3.8, 4) is 0 Å². The number of aromatic amines is 2. The number of rotatable bonds is 4. The molecule has 112 valence electrons. The van der Waals surface area contributed by atoms with Gasteiger partial charge in [0.05, 0.1) is 12.2 Å². The van der Waals surface area contributed by atoms with Crippen LogP contribution >= 0.6 is 0 Å². The van der Waals surface area contributed by atoms with Crippen LogP contribution in [0.3, 0.4) is 0 Å². The van der Waals surface area contributed by atoms with Crippen molar-refractivity contribution in [3.05, 3.63) is 45.7 Å². The van der Waals surface area contributed by atoms with E-state index in [1.165, 1.54) is 4.90 Å². The summed E-state index contributed by atoms with van der Waals surface area (Å²) in [6, 6.07) is 0. The number of hydrogen-bond donors (Lipinski definition) is 2. The first-order chi connectivity index (χ1) is 9.90. The Kier molecular flexibility index (Phi) is 4.21. The van der Waals surface area contributed by atoms with Crippen molar-refractivity contribution in [3.63, 3.8) is 0 Å². The molecule has 21 heavy (non-hydrogen) atoms. The molecule has 0 atom stereocenters. The third-order valence-corrected chi connectivity index (χ3v) is 3.17. The molecule has 0 unspecified atom stereocenters. The molecular formula is C14H19N5O2. The minimum Gasteiger partial charge on any atom is -0.347 e. The third-order valence-electron chi connectivity index (χ3n) is 3.17. The summed E-state index contributed by atoms with van der Waals surface area (Å²) in [7, 11) is 1.63. The highest BCUT2D eigenvalue weighted by molar-refractivity contribution is 5.94. The molecular weight excluding hydrogens is 270 g/mol. The largest absolute Gasteiger partial charge is 0.347 e. The lowest BCUT2D eigenvalue weighted by Gasteiger charge is -2.17. The van der Waals surface area contributed by atoms with Crippen LogP contribution in [-0.2, 0) is 6.54 Å². The second-order valence-corrected chi connectivity index (χ2v) is 5.26. The first-order valence-electron chi connectivity index (χ1n) is 6.74. The van der Waals surface area contributed by atoms with Gasteiger partial charge in [0.15, 0.2) is 0 Å². The van der Waals surface area contributed by atoms with E-state index in [9.17, 15) is 9.59 Å². The molecule has 0 aromatic carbocycles. The molecule has 0 fully saturated rings. The Morgan fingerprint density at radius 3 is 2.67 bits per heavy atom. The predicted molar refractivity (Wildman–Crippen MR) is 78.1 cm³/mol. The summed E-state index contributed by atoms with van der Waals surface area (Å²) < 4.78 is 0. The first-order valence-corrected chi connectivity index (χ1v) is 6.74. The van der Waals surface area contributed by atoms with Gasteiger partial charge in [0.1, 0.15) is 17.2 Å². The van der Waals surface area contributed by atoms with Crippen LogP contribution in [0.15, 0.2) is 17.2 Å². The standard InChI is InChI=1S/C14H19N5O2/c1-8(2)12-17-9(3)11(13(20)18-12)14(21)19(4)7-10-15-5-6-16-10/h5-6,8H,7H2,1-4H3,(H,15,16)(H,17,18,20). The molecule has 2 N–H and O–H groups in total. The van der Waals surface area contributed by atoms with Crippen LogP contribution in [0.2, 0.25) is 0 Å². The predicted octanol–water partition coefficient (Wildman–Crippen LogP) is 1.20. The smallest absolute Gasteiger partial charge is 0.264 e. The van der Waals surface area contributed by atoms with Crippen molar-refractivity contribution in [2.24, 2.45) is 0 Å². The highest BCUT2D eigenvalue weighted by Gasteiger charge is 2.21. The van der Waals surface area contributed by atoms with Gasteiger partial charge in [0.2, 0.25) is 0 Å². The molecule has 2 aromatic heterocycles. The Bertz CT molecular complexity index is 688. The maximum absolute atomic E-state index is 12.4. The van der Waals surface area contributed by atoms with Gasteiger partial charge >= 0.3 is 0 Å². The van der Waals surface area contributed by atoms with E-state index in [2.05, 4.69) is 19.9 Å². The summed E-state index contributed by atoms with van der Waals surface area (Å²) >= 11 is 0. The van der Waals surface area contributed by atoms with E-state index in [1.807, 2.05) is 13.8 Å². The lowest BCUT2D eigenvalue weighted by molar-refractivity contribution is 0.0778. The van der Waals surface area contributed by atoms with Crippen molar-refractivity contribution in [1.82, 2.24) is 24.8 Å².